The van der Waals surface area contributed by atoms with E-state index in [0.717, 1.165) is 5.56 Å². The Morgan fingerprint density at radius 1 is 1.13 bits per heavy atom. The summed E-state index contributed by atoms with van der Waals surface area (Å²) in [5.41, 5.74) is 4.60. The fourth-order valence-electron chi connectivity index (χ4n) is 3.48. The first-order valence-electron chi connectivity index (χ1n) is 9.95. The van der Waals surface area contributed by atoms with Crippen LogP contribution in [-0.2, 0) is 15.4 Å². The minimum Gasteiger partial charge on any atom is -0.331 e. The summed E-state index contributed by atoms with van der Waals surface area (Å²) >= 11 is 0. The van der Waals surface area contributed by atoms with Crippen LogP contribution in [-0.4, -0.2) is 31.4 Å². The number of benzene rings is 2. The molecule has 6 nitrogen and oxygen atoms in total. The molecule has 162 valence electrons. The topological polar surface area (TPSA) is 73.8 Å². The number of nitrogens with one attached hydrogen (secondary N) is 2. The van der Waals surface area contributed by atoms with Crippen molar-refractivity contribution in [1.82, 2.24) is 10.3 Å². The minimum absolute atomic E-state index is 0.0561. The second-order valence-electron chi connectivity index (χ2n) is 8.81. The van der Waals surface area contributed by atoms with Gasteiger partial charge >= 0.3 is 0 Å². The van der Waals surface area contributed by atoms with E-state index in [1.165, 1.54) is 12.1 Å². The van der Waals surface area contributed by atoms with Crippen molar-refractivity contribution in [1.29, 1.82) is 0 Å². The van der Waals surface area contributed by atoms with E-state index < -0.39 is 15.8 Å². The monoisotopic (exact) mass is 432 g/mol. The van der Waals surface area contributed by atoms with Crippen LogP contribution in [0.15, 0.2) is 52.5 Å². The molecule has 0 radical (unpaired) electrons. The van der Waals surface area contributed by atoms with Crippen molar-refractivity contribution >= 4 is 21.5 Å². The minimum atomic E-state index is -3.91. The van der Waals surface area contributed by atoms with Crippen molar-refractivity contribution < 1.29 is 12.8 Å². The zero-order chi connectivity index (χ0) is 22.3. The van der Waals surface area contributed by atoms with Crippen LogP contribution in [0.3, 0.4) is 0 Å². The van der Waals surface area contributed by atoms with Crippen LogP contribution in [0, 0.1) is 5.82 Å². The molecule has 1 heterocycles. The highest BCUT2D eigenvalue weighted by Gasteiger charge is 2.30. The molecule has 0 aromatic heterocycles. The first-order valence-corrected chi connectivity index (χ1v) is 11.4. The second kappa shape index (κ2) is 7.91. The lowest BCUT2D eigenvalue weighted by Crippen LogP contribution is -2.43. The molecule has 2 aromatic rings. The number of hydrogen-bond donors (Lipinski definition) is 2. The summed E-state index contributed by atoms with van der Waals surface area (Å²) < 4.78 is 42.6. The summed E-state index contributed by atoms with van der Waals surface area (Å²) in [5.74, 6) is 0.0357. The average molecular weight is 433 g/mol. The number of sulfonamides is 1. The summed E-state index contributed by atoms with van der Waals surface area (Å²) in [7, 11) is -3.91. The molecule has 1 atom stereocenters. The van der Waals surface area contributed by atoms with E-state index in [2.05, 4.69) is 36.0 Å². The number of amidine groups is 1. The standard InChI is InChI=1S/C22H29FN4O2S/c1-14(2)27-15(3)24-25-21(27)19-12-9-17(23)13-20(19)26-30(28,29)18-10-7-16(8-11-18)22(4,5)6/h7-15,24,26H,1-6H3. The Morgan fingerprint density at radius 2 is 1.77 bits per heavy atom. The molecule has 1 aliphatic heterocycles. The van der Waals surface area contributed by atoms with Gasteiger partial charge in [-0.1, -0.05) is 32.9 Å². The lowest BCUT2D eigenvalue weighted by atomic mass is 9.87. The van der Waals surface area contributed by atoms with E-state index in [1.807, 2.05) is 25.7 Å². The molecular weight excluding hydrogens is 403 g/mol. The van der Waals surface area contributed by atoms with Gasteiger partial charge in [0, 0.05) is 11.6 Å². The van der Waals surface area contributed by atoms with Gasteiger partial charge in [0.15, 0.2) is 5.84 Å². The van der Waals surface area contributed by atoms with Gasteiger partial charge in [-0.3, -0.25) is 10.1 Å². The maximum atomic E-state index is 14.0. The Morgan fingerprint density at radius 3 is 2.33 bits per heavy atom. The highest BCUT2D eigenvalue weighted by molar-refractivity contribution is 7.92. The zero-order valence-corrected chi connectivity index (χ0v) is 19.0. The predicted octanol–water partition coefficient (Wildman–Crippen LogP) is 4.25. The van der Waals surface area contributed by atoms with Crippen LogP contribution in [0.1, 0.15) is 52.7 Å². The van der Waals surface area contributed by atoms with Gasteiger partial charge < -0.3 is 4.90 Å². The Labute approximate surface area is 178 Å². The molecule has 2 aromatic carbocycles. The molecule has 0 fully saturated rings. The largest absolute Gasteiger partial charge is 0.331 e. The number of anilines is 1. The Bertz CT molecular complexity index is 1060. The fourth-order valence-corrected chi connectivity index (χ4v) is 4.55. The zero-order valence-electron chi connectivity index (χ0n) is 18.2. The quantitative estimate of drug-likeness (QED) is 0.741. The number of halogens is 1. The third-order valence-electron chi connectivity index (χ3n) is 5.07. The first kappa shape index (κ1) is 22.1. The maximum absolute atomic E-state index is 14.0. The van der Waals surface area contributed by atoms with Gasteiger partial charge in [-0.2, -0.15) is 5.10 Å². The highest BCUT2D eigenvalue weighted by Crippen LogP contribution is 2.28. The molecule has 0 saturated heterocycles. The van der Waals surface area contributed by atoms with E-state index in [9.17, 15) is 12.8 Å². The molecular formula is C22H29FN4O2S. The van der Waals surface area contributed by atoms with Gasteiger partial charge in [-0.05, 0) is 62.1 Å². The van der Waals surface area contributed by atoms with Crippen LogP contribution in [0.25, 0.3) is 0 Å². The third-order valence-corrected chi connectivity index (χ3v) is 6.45. The van der Waals surface area contributed by atoms with Crippen molar-refractivity contribution in [3.8, 4) is 0 Å². The average Bonchev–Trinajstić information content (AvgIpc) is 3.02. The van der Waals surface area contributed by atoms with E-state index in [-0.39, 0.29) is 28.2 Å². The fraction of sp³-hybridized carbons (Fsp3) is 0.409. The molecule has 30 heavy (non-hydrogen) atoms. The number of rotatable bonds is 5. The summed E-state index contributed by atoms with van der Waals surface area (Å²) in [5, 5.41) is 4.36. The van der Waals surface area contributed by atoms with Crippen LogP contribution in [0.2, 0.25) is 0 Å². The van der Waals surface area contributed by atoms with Crippen molar-refractivity contribution in [3.63, 3.8) is 0 Å². The number of nitrogens with zero attached hydrogens (tertiary/aromatic N) is 2. The van der Waals surface area contributed by atoms with E-state index in [0.29, 0.717) is 11.4 Å². The molecule has 0 bridgehead atoms. The van der Waals surface area contributed by atoms with Crippen LogP contribution in [0.5, 0.6) is 0 Å². The van der Waals surface area contributed by atoms with Gasteiger partial charge in [-0.25, -0.2) is 12.8 Å². The van der Waals surface area contributed by atoms with Gasteiger partial charge in [0.1, 0.15) is 12.0 Å². The molecule has 0 spiro atoms. The van der Waals surface area contributed by atoms with Crippen LogP contribution < -0.4 is 10.1 Å². The third kappa shape index (κ3) is 4.43. The summed E-state index contributed by atoms with van der Waals surface area (Å²) in [6, 6.07) is 10.9. The number of hydrogen-bond acceptors (Lipinski definition) is 5. The molecule has 1 unspecified atom stereocenters. The Kier molecular flexibility index (Phi) is 5.82. The maximum Gasteiger partial charge on any atom is 0.261 e. The van der Waals surface area contributed by atoms with Gasteiger partial charge in [0.05, 0.1) is 10.6 Å². The second-order valence-corrected chi connectivity index (χ2v) is 10.5. The summed E-state index contributed by atoms with van der Waals surface area (Å²) in [6.07, 6.45) is -0.0561. The Hall–Kier alpha value is -2.61. The van der Waals surface area contributed by atoms with E-state index in [4.69, 9.17) is 0 Å². The van der Waals surface area contributed by atoms with Gasteiger partial charge in [0.25, 0.3) is 10.0 Å². The van der Waals surface area contributed by atoms with Crippen molar-refractivity contribution in [3.05, 3.63) is 59.4 Å². The van der Waals surface area contributed by atoms with Crippen LogP contribution >= 0.6 is 0 Å². The van der Waals surface area contributed by atoms with E-state index in [1.54, 1.807) is 30.3 Å². The molecule has 3 rings (SSSR count). The van der Waals surface area contributed by atoms with Gasteiger partial charge in [-0.15, -0.1) is 0 Å². The molecule has 1 aliphatic rings. The predicted molar refractivity (Wildman–Crippen MR) is 118 cm³/mol. The summed E-state index contributed by atoms with van der Waals surface area (Å²) in [4.78, 5) is 2.13. The molecule has 8 heteroatoms. The smallest absolute Gasteiger partial charge is 0.261 e. The lowest BCUT2D eigenvalue weighted by molar-refractivity contribution is 0.272. The van der Waals surface area contributed by atoms with Gasteiger partial charge in [0.2, 0.25) is 0 Å². The Balaban J connectivity index is 1.98. The first-order chi connectivity index (χ1) is 13.9. The number of hydrazone groups is 1. The normalized spacial score (nSPS) is 17.1. The van der Waals surface area contributed by atoms with Crippen molar-refractivity contribution in [2.75, 3.05) is 4.72 Å². The van der Waals surface area contributed by atoms with E-state index >= 15 is 0 Å². The van der Waals surface area contributed by atoms with Crippen molar-refractivity contribution in [2.45, 2.75) is 64.1 Å². The highest BCUT2D eigenvalue weighted by atomic mass is 32.2. The SMILES string of the molecule is CC(C)N1C(c2ccc(F)cc2NS(=O)(=O)c2ccc(C(C)(C)C)cc2)=NNC1C. The molecule has 2 N–H and O–H groups in total. The molecule has 0 amide bonds. The summed E-state index contributed by atoms with van der Waals surface area (Å²) in [6.45, 7) is 12.2. The molecule has 0 saturated carbocycles. The van der Waals surface area contributed by atoms with Crippen LogP contribution in [0.4, 0.5) is 10.1 Å². The van der Waals surface area contributed by atoms with Crippen molar-refractivity contribution in [2.24, 2.45) is 5.10 Å². The lowest BCUT2D eigenvalue weighted by Gasteiger charge is -2.29. The molecule has 0 aliphatic carbocycles.